The smallest absolute Gasteiger partial charge is 0.389 e. The zero-order chi connectivity index (χ0) is 29.0. The van der Waals surface area contributed by atoms with Crippen LogP contribution in [0.4, 0.5) is 22.0 Å². The van der Waals surface area contributed by atoms with E-state index in [9.17, 15) is 35.2 Å². The Morgan fingerprint density at radius 3 is 2.46 bits per heavy atom. The highest BCUT2D eigenvalue weighted by Gasteiger charge is 2.30. The third-order valence-corrected chi connectivity index (χ3v) is 8.62. The molecule has 1 aliphatic carbocycles. The summed E-state index contributed by atoms with van der Waals surface area (Å²) in [5.74, 6) is -0.603. The van der Waals surface area contributed by atoms with E-state index in [1.807, 2.05) is 0 Å². The maximum absolute atomic E-state index is 13.2. The minimum absolute atomic E-state index is 0.0782. The van der Waals surface area contributed by atoms with Gasteiger partial charge in [-0.25, -0.2) is 8.42 Å². The van der Waals surface area contributed by atoms with Crippen molar-refractivity contribution >= 4 is 15.7 Å². The van der Waals surface area contributed by atoms with Crippen molar-refractivity contribution in [1.29, 1.82) is 0 Å². The van der Waals surface area contributed by atoms with Crippen LogP contribution in [-0.2, 0) is 22.8 Å². The standard InChI is InChI=1S/C25H33F5N4O4S/c1-4-34-22(19-14-31-17(6-5-11-25(28,29)30)12-20(19)38-24(26)27)15(2)21(33-34)23(35)32-13-16-7-9-18(10-8-16)39(3,36)37/h12,14,16,18,24H,4-11,13H2,1-3H3,(H,32,35). The van der Waals surface area contributed by atoms with Crippen LogP contribution in [0.15, 0.2) is 12.3 Å². The van der Waals surface area contributed by atoms with Crippen LogP contribution in [0.5, 0.6) is 5.75 Å². The monoisotopic (exact) mass is 580 g/mol. The van der Waals surface area contributed by atoms with Crippen LogP contribution < -0.4 is 10.1 Å². The Labute approximate surface area is 224 Å². The zero-order valence-corrected chi connectivity index (χ0v) is 22.8. The second-order valence-corrected chi connectivity index (χ2v) is 12.2. The topological polar surface area (TPSA) is 103 Å². The Kier molecular flexibility index (Phi) is 9.94. The first-order chi connectivity index (χ1) is 18.2. The Morgan fingerprint density at radius 1 is 1.23 bits per heavy atom. The number of aryl methyl sites for hydroxylation is 2. The number of nitrogens with zero attached hydrogens (tertiary/aromatic N) is 3. The lowest BCUT2D eigenvalue weighted by atomic mass is 9.89. The molecular formula is C25H33F5N4O4S. The summed E-state index contributed by atoms with van der Waals surface area (Å²) < 4.78 is 93.6. The Hall–Kier alpha value is -2.77. The average molecular weight is 581 g/mol. The maximum Gasteiger partial charge on any atom is 0.389 e. The van der Waals surface area contributed by atoms with Gasteiger partial charge in [-0.2, -0.15) is 27.1 Å². The van der Waals surface area contributed by atoms with E-state index in [1.165, 1.54) is 23.2 Å². The molecule has 1 saturated carbocycles. The van der Waals surface area contributed by atoms with Gasteiger partial charge in [-0.3, -0.25) is 14.5 Å². The summed E-state index contributed by atoms with van der Waals surface area (Å²) in [6.07, 6.45) is -0.792. The van der Waals surface area contributed by atoms with Crippen LogP contribution in [0.2, 0.25) is 0 Å². The number of rotatable bonds is 11. The fraction of sp³-hybridized carbons (Fsp3) is 0.640. The SMILES string of the molecule is CCn1nc(C(=O)NCC2CCC(S(C)(=O)=O)CC2)c(C)c1-c1cnc(CCCC(F)(F)F)cc1OC(F)F. The normalized spacial score (nSPS) is 18.4. The van der Waals surface area contributed by atoms with E-state index >= 15 is 0 Å². The quantitative estimate of drug-likeness (QED) is 0.372. The second kappa shape index (κ2) is 12.6. The van der Waals surface area contributed by atoms with Crippen molar-refractivity contribution in [3.63, 3.8) is 0 Å². The highest BCUT2D eigenvalue weighted by Crippen LogP contribution is 2.35. The zero-order valence-electron chi connectivity index (χ0n) is 22.0. The predicted molar refractivity (Wildman–Crippen MR) is 134 cm³/mol. The lowest BCUT2D eigenvalue weighted by Crippen LogP contribution is -2.34. The van der Waals surface area contributed by atoms with Gasteiger partial charge in [0.1, 0.15) is 15.6 Å². The number of amides is 1. The molecule has 1 amide bonds. The number of hydrogen-bond acceptors (Lipinski definition) is 6. The molecule has 0 aliphatic heterocycles. The van der Waals surface area contributed by atoms with Gasteiger partial charge in [0.25, 0.3) is 5.91 Å². The van der Waals surface area contributed by atoms with Crippen LogP contribution in [0.25, 0.3) is 11.3 Å². The van der Waals surface area contributed by atoms with E-state index in [0.29, 0.717) is 50.0 Å². The number of halogens is 5. The molecule has 0 radical (unpaired) electrons. The number of sulfone groups is 1. The van der Waals surface area contributed by atoms with Gasteiger partial charge in [-0.15, -0.1) is 0 Å². The van der Waals surface area contributed by atoms with Crippen LogP contribution in [-0.4, -0.2) is 59.9 Å². The number of aromatic nitrogens is 3. The predicted octanol–water partition coefficient (Wildman–Crippen LogP) is 5.09. The van der Waals surface area contributed by atoms with Crippen molar-refractivity contribution in [2.24, 2.45) is 5.92 Å². The van der Waals surface area contributed by atoms with Crippen molar-refractivity contribution in [3.8, 4) is 17.0 Å². The van der Waals surface area contributed by atoms with E-state index in [0.717, 1.165) is 0 Å². The van der Waals surface area contributed by atoms with E-state index in [4.69, 9.17) is 4.74 Å². The van der Waals surface area contributed by atoms with Gasteiger partial charge in [-0.1, -0.05) is 0 Å². The molecule has 2 heterocycles. The van der Waals surface area contributed by atoms with Gasteiger partial charge in [0.2, 0.25) is 0 Å². The van der Waals surface area contributed by atoms with Crippen LogP contribution in [0.1, 0.15) is 67.2 Å². The number of carbonyl (C=O) groups excluding carboxylic acids is 1. The van der Waals surface area contributed by atoms with Crippen LogP contribution in [0, 0.1) is 12.8 Å². The molecule has 218 valence electrons. The summed E-state index contributed by atoms with van der Waals surface area (Å²) in [5.41, 5.74) is 1.14. The van der Waals surface area contributed by atoms with Gasteiger partial charge in [-0.05, 0) is 58.3 Å². The lowest BCUT2D eigenvalue weighted by Gasteiger charge is -2.27. The first kappa shape index (κ1) is 30.8. The van der Waals surface area contributed by atoms with Gasteiger partial charge in [0, 0.05) is 49.3 Å². The van der Waals surface area contributed by atoms with E-state index in [-0.39, 0.29) is 46.7 Å². The molecule has 14 heteroatoms. The molecule has 8 nitrogen and oxygen atoms in total. The Balaban J connectivity index is 1.79. The van der Waals surface area contributed by atoms with Crippen molar-refractivity contribution in [1.82, 2.24) is 20.1 Å². The maximum atomic E-state index is 13.2. The summed E-state index contributed by atoms with van der Waals surface area (Å²) in [6.45, 7) is 0.819. The highest BCUT2D eigenvalue weighted by atomic mass is 32.2. The summed E-state index contributed by atoms with van der Waals surface area (Å²) in [7, 11) is -3.09. The first-order valence-electron chi connectivity index (χ1n) is 12.7. The van der Waals surface area contributed by atoms with Crippen LogP contribution >= 0.6 is 0 Å². The van der Waals surface area contributed by atoms with Crippen LogP contribution in [0.3, 0.4) is 0 Å². The van der Waals surface area contributed by atoms with Crippen molar-refractivity contribution in [3.05, 3.63) is 29.2 Å². The summed E-state index contributed by atoms with van der Waals surface area (Å²) >= 11 is 0. The number of nitrogens with one attached hydrogen (secondary N) is 1. The molecule has 1 fully saturated rings. The summed E-state index contributed by atoms with van der Waals surface area (Å²) in [4.78, 5) is 17.2. The molecule has 0 atom stereocenters. The average Bonchev–Trinajstić information content (AvgIpc) is 3.17. The van der Waals surface area contributed by atoms with Crippen molar-refractivity contribution in [2.45, 2.75) is 83.4 Å². The number of pyridine rings is 1. The minimum atomic E-state index is -4.33. The molecule has 0 saturated heterocycles. The molecule has 39 heavy (non-hydrogen) atoms. The molecular weight excluding hydrogens is 547 g/mol. The Bertz CT molecular complexity index is 1260. The molecule has 0 bridgehead atoms. The van der Waals surface area contributed by atoms with Crippen molar-refractivity contribution in [2.75, 3.05) is 12.8 Å². The molecule has 1 aliphatic rings. The summed E-state index contributed by atoms with van der Waals surface area (Å²) in [5, 5.41) is 6.85. The van der Waals surface area contributed by atoms with Gasteiger partial charge >= 0.3 is 12.8 Å². The Morgan fingerprint density at radius 2 is 1.90 bits per heavy atom. The van der Waals surface area contributed by atoms with Gasteiger partial charge < -0.3 is 10.1 Å². The highest BCUT2D eigenvalue weighted by molar-refractivity contribution is 7.91. The number of ether oxygens (including phenoxy) is 1. The molecule has 0 unspecified atom stereocenters. The minimum Gasteiger partial charge on any atom is -0.434 e. The third-order valence-electron chi connectivity index (χ3n) is 6.94. The van der Waals surface area contributed by atoms with Crippen molar-refractivity contribution < 1.29 is 39.9 Å². The molecule has 0 aromatic carbocycles. The fourth-order valence-electron chi connectivity index (χ4n) is 4.88. The molecule has 2 aromatic rings. The summed E-state index contributed by atoms with van der Waals surface area (Å²) in [6, 6.07) is 1.19. The molecule has 1 N–H and O–H groups in total. The van der Waals surface area contributed by atoms with E-state index in [2.05, 4.69) is 15.4 Å². The molecule has 3 rings (SSSR count). The lowest BCUT2D eigenvalue weighted by molar-refractivity contribution is -0.135. The van der Waals surface area contributed by atoms with Gasteiger partial charge in [0.15, 0.2) is 5.69 Å². The third kappa shape index (κ3) is 8.36. The van der Waals surface area contributed by atoms with E-state index in [1.54, 1.807) is 13.8 Å². The second-order valence-electron chi connectivity index (χ2n) is 9.84. The molecule has 0 spiro atoms. The number of carbonyl (C=O) groups is 1. The number of alkyl halides is 5. The van der Waals surface area contributed by atoms with E-state index < -0.39 is 35.0 Å². The molecule has 2 aromatic heterocycles. The first-order valence-corrected chi connectivity index (χ1v) is 14.7. The fourth-order valence-corrected chi connectivity index (χ4v) is 6.01. The number of hydrogen-bond donors (Lipinski definition) is 1. The largest absolute Gasteiger partial charge is 0.434 e. The van der Waals surface area contributed by atoms with Gasteiger partial charge in [0.05, 0.1) is 16.5 Å².